The number of nitro groups is 2. The van der Waals surface area contributed by atoms with Crippen LogP contribution in [-0.2, 0) is 20.6 Å². The minimum absolute atomic E-state index is 0.0113. The Hall–Kier alpha value is -3.78. The third kappa shape index (κ3) is 5.40. The van der Waals surface area contributed by atoms with Crippen LogP contribution in [0.1, 0.15) is 31.7 Å². The zero-order chi connectivity index (χ0) is 25.2. The Morgan fingerprint density at radius 1 is 1.18 bits per heavy atom. The number of Topliss-reactive ketones (excluding diaryl/α,β-unsaturated/α-hetero) is 1. The zero-order valence-electron chi connectivity index (χ0n) is 17.8. The molecule has 0 bridgehead atoms. The van der Waals surface area contributed by atoms with Gasteiger partial charge in [0, 0.05) is 44.5 Å². The Bertz CT molecular complexity index is 1020. The summed E-state index contributed by atoms with van der Waals surface area (Å²) in [5.74, 6) is -1.08. The minimum atomic E-state index is -5.00. The number of hydrogen-bond acceptors (Lipinski definition) is 9. The van der Waals surface area contributed by atoms with E-state index < -0.39 is 50.7 Å². The number of nitrogens with one attached hydrogen (secondary N) is 1. The van der Waals surface area contributed by atoms with Gasteiger partial charge in [-0.3, -0.25) is 29.8 Å². The molecule has 1 aromatic rings. The van der Waals surface area contributed by atoms with Gasteiger partial charge in [-0.25, -0.2) is 0 Å². The van der Waals surface area contributed by atoms with E-state index in [0.29, 0.717) is 0 Å². The average Bonchev–Trinajstić information content (AvgIpc) is 3.25. The second kappa shape index (κ2) is 9.61. The maximum Gasteiger partial charge on any atom is 0.416 e. The van der Waals surface area contributed by atoms with Crippen molar-refractivity contribution in [2.24, 2.45) is 11.1 Å². The maximum atomic E-state index is 13.1. The molecule has 0 radical (unpaired) electrons. The lowest BCUT2D eigenvalue weighted by molar-refractivity contribution is -0.393. The molecule has 15 heteroatoms. The van der Waals surface area contributed by atoms with Crippen molar-refractivity contribution < 1.29 is 37.4 Å². The highest BCUT2D eigenvalue weighted by Gasteiger charge is 2.40. The normalized spacial score (nSPS) is 18.8. The molecule has 1 fully saturated rings. The Balaban J connectivity index is 1.68. The van der Waals surface area contributed by atoms with E-state index in [2.05, 4.69) is 10.5 Å². The number of benzene rings is 1. The van der Waals surface area contributed by atoms with Crippen LogP contribution in [0.3, 0.4) is 0 Å². The van der Waals surface area contributed by atoms with Crippen LogP contribution < -0.4 is 10.2 Å². The summed E-state index contributed by atoms with van der Waals surface area (Å²) in [6, 6.07) is 0.556. The second-order valence-electron chi connectivity index (χ2n) is 7.91. The second-order valence-corrected chi connectivity index (χ2v) is 7.91. The molecule has 2 aliphatic rings. The van der Waals surface area contributed by atoms with Gasteiger partial charge >= 0.3 is 6.18 Å². The SMILES string of the molecule is CC(=O)C1=NOC(CNC(=O)C2CCN(c3c([N+](=O)[O-])cc(C(F)(F)F)cc3[N+](=O)[O-])CC2)C1. The number of rotatable bonds is 7. The highest BCUT2D eigenvalue weighted by molar-refractivity contribution is 6.39. The van der Waals surface area contributed by atoms with Crippen molar-refractivity contribution in [2.75, 3.05) is 24.5 Å². The Morgan fingerprint density at radius 2 is 1.74 bits per heavy atom. The molecule has 2 heterocycles. The van der Waals surface area contributed by atoms with E-state index in [1.807, 2.05) is 0 Å². The molecule has 1 amide bonds. The topological polar surface area (TPSA) is 157 Å². The Labute approximate surface area is 190 Å². The van der Waals surface area contributed by atoms with Crippen molar-refractivity contribution in [3.8, 4) is 0 Å². The number of alkyl halides is 3. The van der Waals surface area contributed by atoms with Crippen molar-refractivity contribution in [2.45, 2.75) is 38.5 Å². The molecule has 1 aromatic carbocycles. The molecule has 1 atom stereocenters. The molecule has 1 unspecified atom stereocenters. The van der Waals surface area contributed by atoms with Gasteiger partial charge in [-0.15, -0.1) is 0 Å². The molecule has 34 heavy (non-hydrogen) atoms. The molecule has 0 aromatic heterocycles. The van der Waals surface area contributed by atoms with E-state index in [-0.39, 0.29) is 68.4 Å². The number of carbonyl (C=O) groups excluding carboxylic acids is 2. The number of piperidine rings is 1. The van der Waals surface area contributed by atoms with E-state index >= 15 is 0 Å². The molecule has 3 rings (SSSR count). The molecule has 0 saturated carbocycles. The predicted molar refractivity (Wildman–Crippen MR) is 110 cm³/mol. The number of oxime groups is 1. The van der Waals surface area contributed by atoms with E-state index in [1.54, 1.807) is 0 Å². The summed E-state index contributed by atoms with van der Waals surface area (Å²) in [5.41, 5.74) is -3.79. The van der Waals surface area contributed by atoms with Crippen molar-refractivity contribution >= 4 is 34.5 Å². The lowest BCUT2D eigenvalue weighted by Gasteiger charge is -2.32. The summed E-state index contributed by atoms with van der Waals surface area (Å²) in [6.07, 6.45) is -4.89. The lowest BCUT2D eigenvalue weighted by atomic mass is 9.94. The summed E-state index contributed by atoms with van der Waals surface area (Å²) >= 11 is 0. The largest absolute Gasteiger partial charge is 0.416 e. The molecule has 2 aliphatic heterocycles. The van der Waals surface area contributed by atoms with Crippen LogP contribution in [0.15, 0.2) is 17.3 Å². The fourth-order valence-corrected chi connectivity index (χ4v) is 3.84. The summed E-state index contributed by atoms with van der Waals surface area (Å²) in [5, 5.41) is 29.2. The lowest BCUT2D eigenvalue weighted by Crippen LogP contribution is -2.42. The van der Waals surface area contributed by atoms with Gasteiger partial charge in [0.1, 0.15) is 5.71 Å². The molecule has 1 saturated heterocycles. The Kier molecular flexibility index (Phi) is 7.02. The van der Waals surface area contributed by atoms with Gasteiger partial charge in [0.2, 0.25) is 5.91 Å². The standard InChI is InChI=1S/C19H20F3N5O7/c1-10(28)14-8-13(34-24-14)9-23-18(29)11-2-4-25(5-3-11)17-15(26(30)31)6-12(19(20,21)22)7-16(17)27(32)33/h6-7,11,13H,2-5,8-9H2,1H3,(H,23,29). The van der Waals surface area contributed by atoms with Crippen LogP contribution in [0.4, 0.5) is 30.2 Å². The van der Waals surface area contributed by atoms with E-state index in [4.69, 9.17) is 4.84 Å². The van der Waals surface area contributed by atoms with Crippen LogP contribution >= 0.6 is 0 Å². The number of anilines is 1. The number of nitro benzene ring substituents is 2. The number of hydrogen-bond donors (Lipinski definition) is 1. The van der Waals surface area contributed by atoms with Crippen molar-refractivity contribution in [3.05, 3.63) is 37.9 Å². The quantitative estimate of drug-likeness (QED) is 0.454. The smallest absolute Gasteiger partial charge is 0.390 e. The van der Waals surface area contributed by atoms with Crippen molar-refractivity contribution in [3.63, 3.8) is 0 Å². The van der Waals surface area contributed by atoms with E-state index in [0.717, 1.165) is 0 Å². The molecule has 184 valence electrons. The maximum absolute atomic E-state index is 13.1. The molecular formula is C19H20F3N5O7. The first-order valence-corrected chi connectivity index (χ1v) is 10.2. The predicted octanol–water partition coefficient (Wildman–Crippen LogP) is 2.59. The van der Waals surface area contributed by atoms with Gasteiger partial charge in [-0.2, -0.15) is 13.2 Å². The monoisotopic (exact) mass is 487 g/mol. The number of amides is 1. The third-order valence-electron chi connectivity index (χ3n) is 5.62. The van der Waals surface area contributed by atoms with Crippen LogP contribution in [0.2, 0.25) is 0 Å². The molecule has 12 nitrogen and oxygen atoms in total. The first-order chi connectivity index (χ1) is 15.9. The van der Waals surface area contributed by atoms with Gasteiger partial charge < -0.3 is 15.1 Å². The van der Waals surface area contributed by atoms with E-state index in [1.165, 1.54) is 11.8 Å². The van der Waals surface area contributed by atoms with Crippen LogP contribution in [0.25, 0.3) is 0 Å². The number of ketones is 1. The van der Waals surface area contributed by atoms with Gasteiger partial charge in [-0.1, -0.05) is 5.16 Å². The third-order valence-corrected chi connectivity index (χ3v) is 5.62. The van der Waals surface area contributed by atoms with Gasteiger partial charge in [0.15, 0.2) is 17.6 Å². The first-order valence-electron chi connectivity index (χ1n) is 10.2. The van der Waals surface area contributed by atoms with Crippen molar-refractivity contribution in [1.82, 2.24) is 5.32 Å². The molecular weight excluding hydrogens is 467 g/mol. The minimum Gasteiger partial charge on any atom is -0.390 e. The van der Waals surface area contributed by atoms with Crippen LogP contribution in [-0.4, -0.2) is 53.0 Å². The van der Waals surface area contributed by atoms with Crippen molar-refractivity contribution in [1.29, 1.82) is 0 Å². The summed E-state index contributed by atoms with van der Waals surface area (Å²) in [7, 11) is 0. The summed E-state index contributed by atoms with van der Waals surface area (Å²) in [6.45, 7) is 1.43. The fourth-order valence-electron chi connectivity index (χ4n) is 3.84. The molecule has 1 N–H and O–H groups in total. The number of carbonyl (C=O) groups is 2. The van der Waals surface area contributed by atoms with Gasteiger partial charge in [-0.05, 0) is 12.8 Å². The highest BCUT2D eigenvalue weighted by Crippen LogP contribution is 2.44. The van der Waals surface area contributed by atoms with Crippen LogP contribution in [0.5, 0.6) is 0 Å². The summed E-state index contributed by atoms with van der Waals surface area (Å²) < 4.78 is 39.3. The fraction of sp³-hybridized carbons (Fsp3) is 0.526. The first kappa shape index (κ1) is 24.9. The van der Waals surface area contributed by atoms with Gasteiger partial charge in [0.25, 0.3) is 11.4 Å². The Morgan fingerprint density at radius 3 is 2.18 bits per heavy atom. The summed E-state index contributed by atoms with van der Waals surface area (Å²) in [4.78, 5) is 50.8. The number of nitrogens with zero attached hydrogens (tertiary/aromatic N) is 4. The highest BCUT2D eigenvalue weighted by atomic mass is 19.4. The van der Waals surface area contributed by atoms with Crippen LogP contribution in [0, 0.1) is 26.1 Å². The molecule has 0 aliphatic carbocycles. The zero-order valence-corrected chi connectivity index (χ0v) is 17.8. The average molecular weight is 487 g/mol. The van der Waals surface area contributed by atoms with Gasteiger partial charge in [0.05, 0.1) is 22.0 Å². The van der Waals surface area contributed by atoms with E-state index in [9.17, 15) is 43.0 Å². The molecule has 0 spiro atoms. The number of halogens is 3.